The lowest BCUT2D eigenvalue weighted by atomic mass is 10.0. The number of rotatable bonds is 3. The van der Waals surface area contributed by atoms with E-state index >= 15 is 0 Å². The van der Waals surface area contributed by atoms with Crippen LogP contribution in [0.25, 0.3) is 10.9 Å². The number of nitrogens with zero attached hydrogens (tertiary/aromatic N) is 1. The monoisotopic (exact) mass is 199 g/mol. The van der Waals surface area contributed by atoms with E-state index in [-0.39, 0.29) is 6.04 Å². The van der Waals surface area contributed by atoms with Gasteiger partial charge in [0.1, 0.15) is 0 Å². The Morgan fingerprint density at radius 3 is 3.00 bits per heavy atom. The molecule has 1 heterocycles. The van der Waals surface area contributed by atoms with Crippen molar-refractivity contribution in [2.75, 3.05) is 0 Å². The number of aromatic nitrogens is 1. The molecule has 1 aromatic heterocycles. The summed E-state index contributed by atoms with van der Waals surface area (Å²) in [7, 11) is 0. The van der Waals surface area contributed by atoms with E-state index in [0.717, 1.165) is 16.5 Å². The van der Waals surface area contributed by atoms with Crippen molar-refractivity contribution in [3.63, 3.8) is 0 Å². The number of hydrazine groups is 1. The maximum atomic E-state index is 5.42. The average molecular weight is 199 g/mol. The molecule has 1 aromatic carbocycles. The number of nitrogens with two attached hydrogens (primary N) is 1. The highest BCUT2D eigenvalue weighted by Crippen LogP contribution is 2.18. The predicted molar refractivity (Wildman–Crippen MR) is 62.0 cm³/mol. The predicted octanol–water partition coefficient (Wildman–Crippen LogP) is 1.93. The second kappa shape index (κ2) is 4.21. The molecule has 1 atom stereocenters. The topological polar surface area (TPSA) is 50.9 Å². The van der Waals surface area contributed by atoms with E-state index in [0.29, 0.717) is 0 Å². The minimum Gasteiger partial charge on any atom is -0.271 e. The van der Waals surface area contributed by atoms with E-state index in [1.807, 2.05) is 24.3 Å². The molecule has 76 valence electrons. The Bertz CT molecular complexity index is 479. The normalized spacial score (nSPS) is 12.6. The smallest absolute Gasteiger partial charge is 0.0702 e. The minimum atomic E-state index is -0.0189. The van der Waals surface area contributed by atoms with Crippen molar-refractivity contribution >= 4 is 10.9 Å². The summed E-state index contributed by atoms with van der Waals surface area (Å²) in [6.07, 6.45) is 3.56. The standard InChI is InChI=1S/C12H13N3/c1-2-11(15-13)10-5-6-12-9(8-10)4-3-7-14-12/h2-8,11,15H,1,13H2. The quantitative estimate of drug-likeness (QED) is 0.451. The third-order valence-electron chi connectivity index (χ3n) is 2.40. The molecular formula is C12H13N3. The van der Waals surface area contributed by atoms with E-state index in [1.54, 1.807) is 12.3 Å². The molecule has 0 aliphatic carbocycles. The molecule has 2 rings (SSSR count). The Balaban J connectivity index is 2.50. The third kappa shape index (κ3) is 1.88. The highest BCUT2D eigenvalue weighted by atomic mass is 15.2. The third-order valence-corrected chi connectivity index (χ3v) is 2.40. The van der Waals surface area contributed by atoms with E-state index in [4.69, 9.17) is 5.84 Å². The van der Waals surface area contributed by atoms with Gasteiger partial charge in [0.25, 0.3) is 0 Å². The Morgan fingerprint density at radius 1 is 1.40 bits per heavy atom. The van der Waals surface area contributed by atoms with Crippen LogP contribution in [0.3, 0.4) is 0 Å². The number of fused-ring (bicyclic) bond motifs is 1. The lowest BCUT2D eigenvalue weighted by Crippen LogP contribution is -2.26. The van der Waals surface area contributed by atoms with E-state index in [9.17, 15) is 0 Å². The van der Waals surface area contributed by atoms with Crippen LogP contribution in [-0.4, -0.2) is 4.98 Å². The molecule has 15 heavy (non-hydrogen) atoms. The van der Waals surface area contributed by atoms with E-state index in [2.05, 4.69) is 23.1 Å². The fourth-order valence-corrected chi connectivity index (χ4v) is 1.59. The van der Waals surface area contributed by atoms with Gasteiger partial charge in [0.2, 0.25) is 0 Å². The SMILES string of the molecule is C=CC(NN)c1ccc2ncccc2c1. The van der Waals surface area contributed by atoms with E-state index in [1.165, 1.54) is 0 Å². The second-order valence-electron chi connectivity index (χ2n) is 3.34. The van der Waals surface area contributed by atoms with Crippen molar-refractivity contribution in [1.82, 2.24) is 10.4 Å². The summed E-state index contributed by atoms with van der Waals surface area (Å²) >= 11 is 0. The molecule has 0 saturated carbocycles. The molecule has 3 heteroatoms. The Kier molecular flexibility index (Phi) is 2.76. The molecule has 0 amide bonds. The van der Waals surface area contributed by atoms with Crippen LogP contribution >= 0.6 is 0 Å². The van der Waals surface area contributed by atoms with Crippen LogP contribution in [0.1, 0.15) is 11.6 Å². The van der Waals surface area contributed by atoms with Crippen molar-refractivity contribution in [3.8, 4) is 0 Å². The number of pyridine rings is 1. The molecule has 0 radical (unpaired) electrons. The summed E-state index contributed by atoms with van der Waals surface area (Å²) < 4.78 is 0. The highest BCUT2D eigenvalue weighted by Gasteiger charge is 2.05. The second-order valence-corrected chi connectivity index (χ2v) is 3.34. The zero-order valence-corrected chi connectivity index (χ0v) is 8.35. The van der Waals surface area contributed by atoms with Gasteiger partial charge < -0.3 is 0 Å². The number of hydrogen-bond donors (Lipinski definition) is 2. The van der Waals surface area contributed by atoms with Crippen molar-refractivity contribution < 1.29 is 0 Å². The molecule has 1 unspecified atom stereocenters. The first-order valence-electron chi connectivity index (χ1n) is 4.78. The van der Waals surface area contributed by atoms with Gasteiger partial charge in [-0.2, -0.15) is 0 Å². The van der Waals surface area contributed by atoms with E-state index < -0.39 is 0 Å². The van der Waals surface area contributed by atoms with Crippen molar-refractivity contribution in [2.24, 2.45) is 5.84 Å². The molecule has 3 N–H and O–H groups in total. The van der Waals surface area contributed by atoms with Crippen LogP contribution in [0.15, 0.2) is 49.2 Å². The molecule has 0 spiro atoms. The van der Waals surface area contributed by atoms with Crippen LogP contribution in [-0.2, 0) is 0 Å². The van der Waals surface area contributed by atoms with Crippen LogP contribution < -0.4 is 11.3 Å². The molecule has 3 nitrogen and oxygen atoms in total. The van der Waals surface area contributed by atoms with Gasteiger partial charge in [-0.15, -0.1) is 6.58 Å². The van der Waals surface area contributed by atoms with Gasteiger partial charge in [0.05, 0.1) is 11.6 Å². The van der Waals surface area contributed by atoms with Gasteiger partial charge >= 0.3 is 0 Å². The van der Waals surface area contributed by atoms with Crippen molar-refractivity contribution in [1.29, 1.82) is 0 Å². The fraction of sp³-hybridized carbons (Fsp3) is 0.0833. The van der Waals surface area contributed by atoms with Gasteiger partial charge in [0.15, 0.2) is 0 Å². The molecule has 0 aliphatic rings. The number of benzene rings is 1. The summed E-state index contributed by atoms with van der Waals surface area (Å²) in [6, 6.07) is 9.98. The van der Waals surface area contributed by atoms with Crippen molar-refractivity contribution in [2.45, 2.75) is 6.04 Å². The zero-order chi connectivity index (χ0) is 10.7. The van der Waals surface area contributed by atoms with Gasteiger partial charge in [-0.05, 0) is 23.8 Å². The van der Waals surface area contributed by atoms with Crippen molar-refractivity contribution in [3.05, 3.63) is 54.7 Å². The Morgan fingerprint density at radius 2 is 2.27 bits per heavy atom. The first-order chi connectivity index (χ1) is 7.35. The molecule has 0 aliphatic heterocycles. The lowest BCUT2D eigenvalue weighted by molar-refractivity contribution is 0.657. The Hall–Kier alpha value is -1.71. The van der Waals surface area contributed by atoms with Gasteiger partial charge in [-0.1, -0.05) is 18.2 Å². The van der Waals surface area contributed by atoms with Gasteiger partial charge in [-0.3, -0.25) is 10.8 Å². The van der Waals surface area contributed by atoms with Gasteiger partial charge in [-0.25, -0.2) is 5.43 Å². The molecule has 2 aromatic rings. The molecule has 0 fully saturated rings. The maximum Gasteiger partial charge on any atom is 0.0702 e. The average Bonchev–Trinajstić information content (AvgIpc) is 2.30. The summed E-state index contributed by atoms with van der Waals surface area (Å²) in [5.41, 5.74) is 4.77. The largest absolute Gasteiger partial charge is 0.271 e. The summed E-state index contributed by atoms with van der Waals surface area (Å²) in [5.74, 6) is 5.42. The zero-order valence-electron chi connectivity index (χ0n) is 8.35. The van der Waals surface area contributed by atoms with Gasteiger partial charge in [0, 0.05) is 11.6 Å². The van der Waals surface area contributed by atoms with Crippen LogP contribution in [0.4, 0.5) is 0 Å². The van der Waals surface area contributed by atoms with Crippen LogP contribution in [0.5, 0.6) is 0 Å². The summed E-state index contributed by atoms with van der Waals surface area (Å²) in [4.78, 5) is 4.26. The minimum absolute atomic E-state index is 0.0189. The van der Waals surface area contributed by atoms with Crippen LogP contribution in [0.2, 0.25) is 0 Å². The number of hydrogen-bond acceptors (Lipinski definition) is 3. The fourth-order valence-electron chi connectivity index (χ4n) is 1.59. The summed E-state index contributed by atoms with van der Waals surface area (Å²) in [6.45, 7) is 3.73. The Labute approximate surface area is 88.6 Å². The first-order valence-corrected chi connectivity index (χ1v) is 4.78. The lowest BCUT2D eigenvalue weighted by Gasteiger charge is -2.11. The molecule has 0 saturated heterocycles. The maximum absolute atomic E-state index is 5.42. The summed E-state index contributed by atoms with van der Waals surface area (Å²) in [5, 5.41) is 1.11. The highest BCUT2D eigenvalue weighted by molar-refractivity contribution is 5.79. The molecular weight excluding hydrogens is 186 g/mol. The number of nitrogens with one attached hydrogen (secondary N) is 1. The van der Waals surface area contributed by atoms with Crippen LogP contribution in [0, 0.1) is 0 Å². The molecule has 0 bridgehead atoms. The first kappa shape index (κ1) is 9.83.